The van der Waals surface area contributed by atoms with Crippen LogP contribution >= 0.6 is 11.3 Å². The number of benzene rings is 1. The minimum Gasteiger partial charge on any atom is -0.344 e. The standard InChI is InChI=1S/C15H20N4O4S2/c1-19(2)14(20)13-9-10-8-11(4-5-12(10)24-13)18-15(21)16-6-7-17-25(3,22)23/h4-5,8-9,17H,6-7H2,1-3H3,(H2,16,18,21). The summed E-state index contributed by atoms with van der Waals surface area (Å²) in [6, 6.07) is 6.73. The average molecular weight is 384 g/mol. The van der Waals surface area contributed by atoms with Crippen LogP contribution in [0.5, 0.6) is 0 Å². The molecule has 10 heteroatoms. The van der Waals surface area contributed by atoms with Crippen LogP contribution in [0, 0.1) is 0 Å². The van der Waals surface area contributed by atoms with E-state index >= 15 is 0 Å². The fraction of sp³-hybridized carbons (Fsp3) is 0.333. The zero-order valence-electron chi connectivity index (χ0n) is 14.1. The Hall–Kier alpha value is -2.17. The molecule has 136 valence electrons. The van der Waals surface area contributed by atoms with E-state index in [1.807, 2.05) is 6.07 Å². The van der Waals surface area contributed by atoms with Crippen LogP contribution in [0.15, 0.2) is 24.3 Å². The third-order valence-corrected chi connectivity index (χ3v) is 5.00. The summed E-state index contributed by atoms with van der Waals surface area (Å²) in [6.07, 6.45) is 1.05. The third-order valence-electron chi connectivity index (χ3n) is 3.17. The van der Waals surface area contributed by atoms with Crippen molar-refractivity contribution >= 4 is 49.1 Å². The van der Waals surface area contributed by atoms with E-state index in [0.717, 1.165) is 16.3 Å². The molecule has 0 aliphatic heterocycles. The molecular formula is C15H20N4O4S2. The molecule has 0 spiro atoms. The summed E-state index contributed by atoms with van der Waals surface area (Å²) in [5, 5.41) is 6.10. The Bertz CT molecular complexity index is 890. The molecule has 0 aliphatic rings. The molecule has 0 radical (unpaired) electrons. The average Bonchev–Trinajstić information content (AvgIpc) is 2.93. The molecule has 1 aromatic heterocycles. The van der Waals surface area contributed by atoms with E-state index in [9.17, 15) is 18.0 Å². The predicted molar refractivity (Wildman–Crippen MR) is 99.7 cm³/mol. The minimum absolute atomic E-state index is 0.0631. The SMILES string of the molecule is CN(C)C(=O)c1cc2cc(NC(=O)NCCNS(C)(=O)=O)ccc2s1. The molecule has 2 rings (SSSR count). The summed E-state index contributed by atoms with van der Waals surface area (Å²) < 4.78 is 25.1. The number of thiophene rings is 1. The van der Waals surface area contributed by atoms with E-state index < -0.39 is 16.1 Å². The van der Waals surface area contributed by atoms with Gasteiger partial charge in [0.1, 0.15) is 0 Å². The molecular weight excluding hydrogens is 364 g/mol. The van der Waals surface area contributed by atoms with Crippen molar-refractivity contribution in [3.8, 4) is 0 Å². The van der Waals surface area contributed by atoms with Gasteiger partial charge in [0, 0.05) is 37.6 Å². The van der Waals surface area contributed by atoms with Gasteiger partial charge in [-0.3, -0.25) is 4.79 Å². The third kappa shape index (κ3) is 5.69. The Labute approximate surface area is 150 Å². The first-order valence-electron chi connectivity index (χ1n) is 7.40. The molecule has 3 N–H and O–H groups in total. The van der Waals surface area contributed by atoms with Crippen LogP contribution in [0.3, 0.4) is 0 Å². The highest BCUT2D eigenvalue weighted by molar-refractivity contribution is 7.88. The number of fused-ring (bicyclic) bond motifs is 1. The summed E-state index contributed by atoms with van der Waals surface area (Å²) in [7, 11) is 0.126. The van der Waals surface area contributed by atoms with Gasteiger partial charge < -0.3 is 15.5 Å². The number of carbonyl (C=O) groups is 2. The number of amides is 3. The van der Waals surface area contributed by atoms with Crippen molar-refractivity contribution in [2.75, 3.05) is 38.8 Å². The van der Waals surface area contributed by atoms with E-state index in [1.54, 1.807) is 32.3 Å². The number of hydrogen-bond donors (Lipinski definition) is 3. The molecule has 2 aromatic rings. The monoisotopic (exact) mass is 384 g/mol. The van der Waals surface area contributed by atoms with E-state index in [2.05, 4.69) is 15.4 Å². The molecule has 0 saturated carbocycles. The topological polar surface area (TPSA) is 108 Å². The van der Waals surface area contributed by atoms with Gasteiger partial charge in [-0.05, 0) is 29.7 Å². The number of nitrogens with zero attached hydrogens (tertiary/aromatic N) is 1. The van der Waals surface area contributed by atoms with Crippen molar-refractivity contribution in [3.05, 3.63) is 29.1 Å². The Morgan fingerprint density at radius 2 is 1.88 bits per heavy atom. The second-order valence-corrected chi connectivity index (χ2v) is 8.53. The highest BCUT2D eigenvalue weighted by Gasteiger charge is 2.12. The van der Waals surface area contributed by atoms with Crippen molar-refractivity contribution in [1.29, 1.82) is 0 Å². The number of anilines is 1. The molecule has 0 fully saturated rings. The summed E-state index contributed by atoms with van der Waals surface area (Å²) in [4.78, 5) is 26.0. The Morgan fingerprint density at radius 1 is 1.16 bits per heavy atom. The zero-order valence-corrected chi connectivity index (χ0v) is 15.8. The fourth-order valence-corrected chi connectivity index (χ4v) is 3.57. The smallest absolute Gasteiger partial charge is 0.319 e. The van der Waals surface area contributed by atoms with Crippen LogP contribution in [-0.2, 0) is 10.0 Å². The molecule has 0 aliphatic carbocycles. The highest BCUT2D eigenvalue weighted by Crippen LogP contribution is 2.28. The first-order valence-corrected chi connectivity index (χ1v) is 10.1. The van der Waals surface area contributed by atoms with Gasteiger partial charge in [0.05, 0.1) is 11.1 Å². The lowest BCUT2D eigenvalue weighted by molar-refractivity contribution is 0.0832. The van der Waals surface area contributed by atoms with Gasteiger partial charge in [0.2, 0.25) is 10.0 Å². The van der Waals surface area contributed by atoms with Gasteiger partial charge in [-0.1, -0.05) is 0 Å². The minimum atomic E-state index is -3.27. The van der Waals surface area contributed by atoms with Crippen LogP contribution in [0.25, 0.3) is 10.1 Å². The summed E-state index contributed by atoms with van der Waals surface area (Å²) in [5.74, 6) is -0.0631. The fourth-order valence-electron chi connectivity index (χ4n) is 2.03. The van der Waals surface area contributed by atoms with Gasteiger partial charge in [-0.25, -0.2) is 17.9 Å². The van der Waals surface area contributed by atoms with Gasteiger partial charge >= 0.3 is 6.03 Å². The van der Waals surface area contributed by atoms with Crippen LogP contribution in [0.1, 0.15) is 9.67 Å². The summed E-state index contributed by atoms with van der Waals surface area (Å²) in [5.41, 5.74) is 0.586. The number of sulfonamides is 1. The number of urea groups is 1. The van der Waals surface area contributed by atoms with E-state index in [-0.39, 0.29) is 19.0 Å². The van der Waals surface area contributed by atoms with Gasteiger partial charge in [-0.15, -0.1) is 11.3 Å². The maximum absolute atomic E-state index is 12.0. The highest BCUT2D eigenvalue weighted by atomic mass is 32.2. The second kappa shape index (κ2) is 7.81. The molecule has 0 saturated heterocycles. The Balaban J connectivity index is 1.97. The van der Waals surface area contributed by atoms with Crippen molar-refractivity contribution in [2.45, 2.75) is 0 Å². The molecule has 8 nitrogen and oxygen atoms in total. The van der Waals surface area contributed by atoms with Gasteiger partial charge in [0.25, 0.3) is 5.91 Å². The van der Waals surface area contributed by atoms with Gasteiger partial charge in [-0.2, -0.15) is 0 Å². The van der Waals surface area contributed by atoms with Crippen molar-refractivity contribution in [2.24, 2.45) is 0 Å². The van der Waals surface area contributed by atoms with E-state index in [4.69, 9.17) is 0 Å². The quantitative estimate of drug-likeness (QED) is 0.652. The molecule has 1 heterocycles. The van der Waals surface area contributed by atoms with E-state index in [1.165, 1.54) is 16.2 Å². The Morgan fingerprint density at radius 3 is 2.52 bits per heavy atom. The normalized spacial score (nSPS) is 11.3. The lowest BCUT2D eigenvalue weighted by Crippen LogP contribution is -2.36. The molecule has 0 atom stereocenters. The van der Waals surface area contributed by atoms with Crippen molar-refractivity contribution < 1.29 is 18.0 Å². The zero-order chi connectivity index (χ0) is 18.6. The summed E-state index contributed by atoms with van der Waals surface area (Å²) >= 11 is 1.40. The predicted octanol–water partition coefficient (Wildman–Crippen LogP) is 1.27. The molecule has 0 bridgehead atoms. The van der Waals surface area contributed by atoms with Crippen molar-refractivity contribution in [3.63, 3.8) is 0 Å². The number of nitrogens with one attached hydrogen (secondary N) is 3. The molecule has 25 heavy (non-hydrogen) atoms. The van der Waals surface area contributed by atoms with Crippen LogP contribution in [0.4, 0.5) is 10.5 Å². The first-order chi connectivity index (χ1) is 11.7. The maximum Gasteiger partial charge on any atom is 0.319 e. The number of rotatable bonds is 6. The van der Waals surface area contributed by atoms with Crippen LogP contribution in [-0.4, -0.2) is 58.7 Å². The molecule has 0 unspecified atom stereocenters. The molecule has 3 amide bonds. The number of hydrogen-bond acceptors (Lipinski definition) is 5. The van der Waals surface area contributed by atoms with Crippen LogP contribution in [0.2, 0.25) is 0 Å². The molecule has 1 aromatic carbocycles. The summed E-state index contributed by atoms with van der Waals surface area (Å²) in [6.45, 7) is 0.285. The van der Waals surface area contributed by atoms with E-state index in [0.29, 0.717) is 10.6 Å². The first kappa shape index (κ1) is 19.2. The largest absolute Gasteiger partial charge is 0.344 e. The van der Waals surface area contributed by atoms with Crippen molar-refractivity contribution in [1.82, 2.24) is 14.9 Å². The number of carbonyl (C=O) groups excluding carboxylic acids is 2. The van der Waals surface area contributed by atoms with Gasteiger partial charge in [0.15, 0.2) is 0 Å². The Kier molecular flexibility index (Phi) is 5.98. The lowest BCUT2D eigenvalue weighted by atomic mass is 10.2. The van der Waals surface area contributed by atoms with Crippen LogP contribution < -0.4 is 15.4 Å². The second-order valence-electron chi connectivity index (χ2n) is 5.61. The maximum atomic E-state index is 12.0. The lowest BCUT2D eigenvalue weighted by Gasteiger charge is -2.08.